The first kappa shape index (κ1) is 58.0. The molecule has 4 unspecified atom stereocenters. The van der Waals surface area contributed by atoms with E-state index in [1.165, 1.54) is 0 Å². The fourth-order valence-electron chi connectivity index (χ4n) is 6.60. The zero-order chi connectivity index (χ0) is 52.6. The minimum absolute atomic E-state index is 0.0153. The summed E-state index contributed by atoms with van der Waals surface area (Å²) in [4.78, 5) is 119. The highest BCUT2D eigenvalue weighted by molar-refractivity contribution is 5.95. The third kappa shape index (κ3) is 24.7. The number of amides is 6. The predicted octanol–water partition coefficient (Wildman–Crippen LogP) is 4.24. The summed E-state index contributed by atoms with van der Waals surface area (Å²) in [5.74, 6) is -6.07. The Labute approximate surface area is 415 Å². The molecule has 0 fully saturated rings. The number of alkyl carbamates (subject to hydrolysis) is 1. The van der Waals surface area contributed by atoms with Crippen LogP contribution in [0.4, 0.5) is 4.79 Å². The third-order valence-electron chi connectivity index (χ3n) is 9.90. The zero-order valence-corrected chi connectivity index (χ0v) is 41.9. The van der Waals surface area contributed by atoms with Crippen LogP contribution in [0.25, 0.3) is 0 Å². The number of carbonyl (C=O) groups excluding carboxylic acids is 9. The van der Waals surface area contributed by atoms with Crippen molar-refractivity contribution in [2.45, 2.75) is 142 Å². The molecule has 0 heterocycles. The molecule has 3 aromatic rings. The van der Waals surface area contributed by atoms with Gasteiger partial charge in [-0.2, -0.15) is 0 Å². The summed E-state index contributed by atoms with van der Waals surface area (Å²) in [6.07, 6.45) is -1.73. The van der Waals surface area contributed by atoms with Crippen molar-refractivity contribution in [2.24, 2.45) is 5.92 Å². The summed E-state index contributed by atoms with van der Waals surface area (Å²) in [6, 6.07) is 21.7. The Hall–Kier alpha value is -7.31. The Morgan fingerprint density at radius 3 is 1.48 bits per heavy atom. The quantitative estimate of drug-likeness (QED) is 0.0486. The lowest BCUT2D eigenvalue weighted by Gasteiger charge is -2.26. The number of carbonyl (C=O) groups is 9. The Kier molecular flexibility index (Phi) is 23.7. The van der Waals surface area contributed by atoms with E-state index in [9.17, 15) is 43.2 Å². The standard InChI is InChI=1S/C52H70N6O13/c1-34(2)28-40(58-47(64)41(29-35-18-12-9-13-19-35)57-44(61)31-54-50(67)71-52(6,7)8)46(63)53-30-43(60)56-39(49(66)70-51(3,4)5)24-26-42(59)55-38(48(65)69-33-37-22-16-11-17-23-37)25-27-45(62)68-32-36-20-14-10-15-21-36/h9-23,34,38-41H,24-33H2,1-8H3,(H,53,63)(H,54,67)(H,55,59)(H,56,60)(H,57,61)(H,58,64). The Bertz CT molecular complexity index is 2230. The van der Waals surface area contributed by atoms with E-state index in [-0.39, 0.29) is 51.2 Å². The molecule has 4 atom stereocenters. The molecule has 386 valence electrons. The van der Waals surface area contributed by atoms with Crippen LogP contribution in [-0.2, 0) is 76.9 Å². The smallest absolute Gasteiger partial charge is 0.408 e. The lowest BCUT2D eigenvalue weighted by atomic mass is 10.0. The fourth-order valence-corrected chi connectivity index (χ4v) is 6.60. The van der Waals surface area contributed by atoms with Gasteiger partial charge in [-0.25, -0.2) is 14.4 Å². The van der Waals surface area contributed by atoms with Gasteiger partial charge in [0.25, 0.3) is 0 Å². The van der Waals surface area contributed by atoms with Crippen LogP contribution in [-0.4, -0.2) is 102 Å². The SMILES string of the molecule is CC(C)CC(NC(=O)C(Cc1ccccc1)NC(=O)CNC(=O)OC(C)(C)C)C(=O)NCC(=O)NC(CCC(=O)NC(CCC(=O)OCc1ccccc1)C(=O)OCc1ccccc1)C(=O)OC(C)(C)C. The van der Waals surface area contributed by atoms with Gasteiger partial charge in [0, 0.05) is 19.3 Å². The predicted molar refractivity (Wildman–Crippen MR) is 261 cm³/mol. The topological polar surface area (TPSA) is 263 Å². The first-order valence-corrected chi connectivity index (χ1v) is 23.6. The summed E-state index contributed by atoms with van der Waals surface area (Å²) >= 11 is 0. The molecule has 0 aliphatic carbocycles. The molecule has 0 saturated carbocycles. The second kappa shape index (κ2) is 29.0. The molecule has 6 amide bonds. The molecule has 3 aromatic carbocycles. The van der Waals surface area contributed by atoms with Crippen LogP contribution < -0.4 is 31.9 Å². The van der Waals surface area contributed by atoms with Gasteiger partial charge < -0.3 is 50.8 Å². The number of ether oxygens (including phenoxy) is 4. The molecular weight excluding hydrogens is 917 g/mol. The Morgan fingerprint density at radius 1 is 0.479 bits per heavy atom. The first-order chi connectivity index (χ1) is 33.5. The number of esters is 3. The summed E-state index contributed by atoms with van der Waals surface area (Å²) in [5, 5.41) is 15.3. The maximum Gasteiger partial charge on any atom is 0.408 e. The lowest BCUT2D eigenvalue weighted by Crippen LogP contribution is -2.56. The number of hydrogen-bond acceptors (Lipinski definition) is 13. The summed E-state index contributed by atoms with van der Waals surface area (Å²) < 4.78 is 21.6. The monoisotopic (exact) mass is 987 g/mol. The van der Waals surface area contributed by atoms with Gasteiger partial charge in [-0.15, -0.1) is 0 Å². The van der Waals surface area contributed by atoms with Gasteiger partial charge in [0.05, 0.1) is 6.54 Å². The Balaban J connectivity index is 1.68. The largest absolute Gasteiger partial charge is 0.461 e. The van der Waals surface area contributed by atoms with Crippen molar-refractivity contribution in [1.29, 1.82) is 0 Å². The normalized spacial score (nSPS) is 12.9. The average Bonchev–Trinajstić information content (AvgIpc) is 3.30. The van der Waals surface area contributed by atoms with E-state index in [0.29, 0.717) is 11.1 Å². The number of benzene rings is 3. The molecule has 3 rings (SSSR count). The van der Waals surface area contributed by atoms with Gasteiger partial charge in [0.15, 0.2) is 0 Å². The molecule has 0 bridgehead atoms. The second-order valence-corrected chi connectivity index (χ2v) is 19.2. The van der Waals surface area contributed by atoms with Crippen LogP contribution in [0.5, 0.6) is 0 Å². The minimum atomic E-state index is -1.39. The van der Waals surface area contributed by atoms with Gasteiger partial charge in [0.1, 0.15) is 55.1 Å². The van der Waals surface area contributed by atoms with E-state index >= 15 is 0 Å². The molecular formula is C52H70N6O13. The number of rotatable bonds is 26. The van der Waals surface area contributed by atoms with Crippen molar-refractivity contribution >= 4 is 53.5 Å². The van der Waals surface area contributed by atoms with Gasteiger partial charge in [-0.05, 0) is 83.4 Å². The summed E-state index contributed by atoms with van der Waals surface area (Å²) in [5.41, 5.74) is 0.362. The van der Waals surface area contributed by atoms with Gasteiger partial charge in [-0.1, -0.05) is 105 Å². The van der Waals surface area contributed by atoms with Crippen molar-refractivity contribution in [3.05, 3.63) is 108 Å². The van der Waals surface area contributed by atoms with E-state index < -0.39 is 108 Å². The van der Waals surface area contributed by atoms with Gasteiger partial charge in [-0.3, -0.25) is 28.8 Å². The molecule has 0 spiro atoms. The van der Waals surface area contributed by atoms with Crippen molar-refractivity contribution < 1.29 is 62.1 Å². The van der Waals surface area contributed by atoms with Crippen molar-refractivity contribution in [1.82, 2.24) is 31.9 Å². The van der Waals surface area contributed by atoms with E-state index in [2.05, 4.69) is 31.9 Å². The molecule has 6 N–H and O–H groups in total. The summed E-state index contributed by atoms with van der Waals surface area (Å²) in [6.45, 7) is 12.3. The lowest BCUT2D eigenvalue weighted by molar-refractivity contribution is -0.159. The molecule has 71 heavy (non-hydrogen) atoms. The maximum atomic E-state index is 13.8. The highest BCUT2D eigenvalue weighted by Crippen LogP contribution is 2.14. The van der Waals surface area contributed by atoms with Crippen molar-refractivity contribution in [3.63, 3.8) is 0 Å². The van der Waals surface area contributed by atoms with Crippen LogP contribution >= 0.6 is 0 Å². The number of nitrogens with one attached hydrogen (secondary N) is 6. The van der Waals surface area contributed by atoms with Crippen molar-refractivity contribution in [2.75, 3.05) is 13.1 Å². The van der Waals surface area contributed by atoms with Crippen molar-refractivity contribution in [3.8, 4) is 0 Å². The van der Waals surface area contributed by atoms with Crippen LogP contribution in [0.2, 0.25) is 0 Å². The van der Waals surface area contributed by atoms with Gasteiger partial charge >= 0.3 is 24.0 Å². The second-order valence-electron chi connectivity index (χ2n) is 19.2. The first-order valence-electron chi connectivity index (χ1n) is 23.6. The average molecular weight is 987 g/mol. The molecule has 0 aliphatic rings. The van der Waals surface area contributed by atoms with Gasteiger partial charge in [0.2, 0.25) is 29.5 Å². The molecule has 0 radical (unpaired) electrons. The van der Waals surface area contributed by atoms with E-state index in [0.717, 1.165) is 5.56 Å². The molecule has 19 heteroatoms. The fraction of sp³-hybridized carbons (Fsp3) is 0.481. The van der Waals surface area contributed by atoms with Crippen LogP contribution in [0.15, 0.2) is 91.0 Å². The molecule has 0 saturated heterocycles. The van der Waals surface area contributed by atoms with Crippen LogP contribution in [0.3, 0.4) is 0 Å². The highest BCUT2D eigenvalue weighted by Gasteiger charge is 2.31. The van der Waals surface area contributed by atoms with E-state index in [4.69, 9.17) is 18.9 Å². The Morgan fingerprint density at radius 2 is 0.944 bits per heavy atom. The maximum absolute atomic E-state index is 13.8. The zero-order valence-electron chi connectivity index (χ0n) is 41.9. The highest BCUT2D eigenvalue weighted by atomic mass is 16.6. The molecule has 0 aliphatic heterocycles. The number of hydrogen-bond donors (Lipinski definition) is 6. The third-order valence-corrected chi connectivity index (χ3v) is 9.90. The summed E-state index contributed by atoms with van der Waals surface area (Å²) in [7, 11) is 0. The molecule has 0 aromatic heterocycles. The van der Waals surface area contributed by atoms with E-state index in [1.807, 2.05) is 19.9 Å². The van der Waals surface area contributed by atoms with Crippen LogP contribution in [0, 0.1) is 5.92 Å². The molecule has 19 nitrogen and oxygen atoms in total. The van der Waals surface area contributed by atoms with Crippen LogP contribution in [0.1, 0.15) is 104 Å². The minimum Gasteiger partial charge on any atom is -0.461 e. The van der Waals surface area contributed by atoms with E-state index in [1.54, 1.807) is 126 Å².